The van der Waals surface area contributed by atoms with Crippen LogP contribution in [0, 0.1) is 17.8 Å². The third kappa shape index (κ3) is 2.92. The van der Waals surface area contributed by atoms with Gasteiger partial charge in [-0.25, -0.2) is 0 Å². The van der Waals surface area contributed by atoms with Crippen LogP contribution in [0.15, 0.2) is 12.2 Å². The predicted octanol–water partition coefficient (Wildman–Crippen LogP) is 2.08. The van der Waals surface area contributed by atoms with Crippen LogP contribution >= 0.6 is 0 Å². The van der Waals surface area contributed by atoms with Gasteiger partial charge in [0.25, 0.3) is 0 Å². The third-order valence-corrected chi connectivity index (χ3v) is 3.75. The third-order valence-electron chi connectivity index (χ3n) is 3.75. The Morgan fingerprint density at radius 2 is 2.06 bits per heavy atom. The van der Waals surface area contributed by atoms with Crippen molar-refractivity contribution in [1.82, 2.24) is 0 Å². The van der Waals surface area contributed by atoms with Crippen LogP contribution in [0.2, 0.25) is 0 Å². The average Bonchev–Trinajstić information content (AvgIpc) is 2.94. The molecule has 4 atom stereocenters. The van der Waals surface area contributed by atoms with Crippen molar-refractivity contribution >= 4 is 11.9 Å². The van der Waals surface area contributed by atoms with E-state index in [1.54, 1.807) is 0 Å². The Balaban J connectivity index is 1.89. The fraction of sp³-hybridized carbons (Fsp3) is 0.714. The van der Waals surface area contributed by atoms with Gasteiger partial charge in [-0.2, -0.15) is 0 Å². The molecule has 0 aliphatic heterocycles. The van der Waals surface area contributed by atoms with Crippen LogP contribution in [0.1, 0.15) is 33.1 Å². The second-order valence-electron chi connectivity index (χ2n) is 4.99. The summed E-state index contributed by atoms with van der Waals surface area (Å²) in [4.78, 5) is 22.7. The standard InChI is InChI=1S/C14H20O4/c1-3-17-14(16)13-11-6-4-5-10(18-9(2)15)7-8-12(11)13/h4-5,10-13H,3,6-8H2,1-2H3/b5-4-/t10-,11-,12+,13+/m1/s1. The number of carbonyl (C=O) groups is 2. The molecule has 1 fully saturated rings. The van der Waals surface area contributed by atoms with Gasteiger partial charge >= 0.3 is 11.9 Å². The molecule has 0 heterocycles. The van der Waals surface area contributed by atoms with Gasteiger partial charge in [0.1, 0.15) is 6.10 Å². The molecule has 4 nitrogen and oxygen atoms in total. The second kappa shape index (κ2) is 5.55. The van der Waals surface area contributed by atoms with Crippen molar-refractivity contribution in [2.24, 2.45) is 17.8 Å². The van der Waals surface area contributed by atoms with E-state index in [0.717, 1.165) is 19.3 Å². The van der Waals surface area contributed by atoms with Gasteiger partial charge < -0.3 is 9.47 Å². The van der Waals surface area contributed by atoms with E-state index >= 15 is 0 Å². The smallest absolute Gasteiger partial charge is 0.309 e. The first-order valence-corrected chi connectivity index (χ1v) is 6.64. The minimum atomic E-state index is -0.250. The molecule has 100 valence electrons. The SMILES string of the molecule is CCOC(=O)[C@H]1[C@@H]2C/C=C\[C@@H](OC(C)=O)CC[C@@H]21. The summed E-state index contributed by atoms with van der Waals surface area (Å²) in [7, 11) is 0. The number of ether oxygens (including phenoxy) is 2. The minimum Gasteiger partial charge on any atom is -0.466 e. The fourth-order valence-electron chi connectivity index (χ4n) is 2.90. The number of rotatable bonds is 3. The Morgan fingerprint density at radius 3 is 2.72 bits per heavy atom. The van der Waals surface area contributed by atoms with Crippen molar-refractivity contribution in [3.63, 3.8) is 0 Å². The zero-order valence-corrected chi connectivity index (χ0v) is 10.9. The van der Waals surface area contributed by atoms with Gasteiger partial charge in [-0.05, 0) is 44.1 Å². The molecule has 0 aromatic rings. The Bertz CT molecular complexity index is 361. The van der Waals surface area contributed by atoms with Gasteiger partial charge in [0.2, 0.25) is 0 Å². The van der Waals surface area contributed by atoms with E-state index in [0.29, 0.717) is 18.4 Å². The number of esters is 2. The molecule has 0 saturated heterocycles. The van der Waals surface area contributed by atoms with Gasteiger partial charge in [0.05, 0.1) is 12.5 Å². The van der Waals surface area contributed by atoms with E-state index in [1.165, 1.54) is 6.92 Å². The Labute approximate surface area is 107 Å². The monoisotopic (exact) mass is 252 g/mol. The largest absolute Gasteiger partial charge is 0.466 e. The highest BCUT2D eigenvalue weighted by Crippen LogP contribution is 2.53. The molecular formula is C14H20O4. The molecule has 0 N–H and O–H groups in total. The maximum Gasteiger partial charge on any atom is 0.309 e. The van der Waals surface area contributed by atoms with Crippen LogP contribution in [-0.2, 0) is 19.1 Å². The second-order valence-corrected chi connectivity index (χ2v) is 4.99. The van der Waals surface area contributed by atoms with Crippen molar-refractivity contribution in [3.05, 3.63) is 12.2 Å². The van der Waals surface area contributed by atoms with Crippen LogP contribution in [0.3, 0.4) is 0 Å². The van der Waals surface area contributed by atoms with Gasteiger partial charge in [-0.15, -0.1) is 0 Å². The normalized spacial score (nSPS) is 35.7. The first kappa shape index (κ1) is 13.1. The molecule has 4 heteroatoms. The molecular weight excluding hydrogens is 232 g/mol. The first-order valence-electron chi connectivity index (χ1n) is 6.64. The fourth-order valence-corrected chi connectivity index (χ4v) is 2.90. The van der Waals surface area contributed by atoms with Gasteiger partial charge in [0.15, 0.2) is 0 Å². The van der Waals surface area contributed by atoms with Crippen LogP contribution in [0.4, 0.5) is 0 Å². The molecule has 2 aliphatic carbocycles. The van der Waals surface area contributed by atoms with Crippen LogP contribution in [-0.4, -0.2) is 24.6 Å². The van der Waals surface area contributed by atoms with E-state index < -0.39 is 0 Å². The molecule has 0 radical (unpaired) electrons. The van der Waals surface area contributed by atoms with Crippen molar-refractivity contribution < 1.29 is 19.1 Å². The Kier molecular flexibility index (Phi) is 4.04. The van der Waals surface area contributed by atoms with Crippen LogP contribution in [0.25, 0.3) is 0 Å². The molecule has 0 bridgehead atoms. The lowest BCUT2D eigenvalue weighted by Gasteiger charge is -2.14. The van der Waals surface area contributed by atoms with Gasteiger partial charge in [-0.1, -0.05) is 6.08 Å². The Hall–Kier alpha value is -1.32. The van der Waals surface area contributed by atoms with E-state index in [1.807, 2.05) is 19.1 Å². The quantitative estimate of drug-likeness (QED) is 0.570. The molecule has 0 aromatic carbocycles. The molecule has 0 aromatic heterocycles. The lowest BCUT2D eigenvalue weighted by molar-refractivity contribution is -0.146. The number of hydrogen-bond acceptors (Lipinski definition) is 4. The van der Waals surface area contributed by atoms with E-state index in [2.05, 4.69) is 0 Å². The van der Waals surface area contributed by atoms with Crippen molar-refractivity contribution in [1.29, 1.82) is 0 Å². The molecule has 0 amide bonds. The predicted molar refractivity (Wildman–Crippen MR) is 65.6 cm³/mol. The summed E-state index contributed by atoms with van der Waals surface area (Å²) in [6.07, 6.45) is 6.45. The summed E-state index contributed by atoms with van der Waals surface area (Å²) >= 11 is 0. The summed E-state index contributed by atoms with van der Waals surface area (Å²) in [5.74, 6) is 0.586. The maximum atomic E-state index is 11.7. The average molecular weight is 252 g/mol. The topological polar surface area (TPSA) is 52.6 Å². The number of allylic oxidation sites excluding steroid dienone is 1. The lowest BCUT2D eigenvalue weighted by Crippen LogP contribution is -2.15. The van der Waals surface area contributed by atoms with Crippen molar-refractivity contribution in [2.45, 2.75) is 39.2 Å². The zero-order chi connectivity index (χ0) is 13.1. The highest BCUT2D eigenvalue weighted by molar-refractivity contribution is 5.76. The molecule has 18 heavy (non-hydrogen) atoms. The summed E-state index contributed by atoms with van der Waals surface area (Å²) in [6.45, 7) is 3.70. The summed E-state index contributed by atoms with van der Waals surface area (Å²) in [5.41, 5.74) is 0. The highest BCUT2D eigenvalue weighted by Gasteiger charge is 2.54. The van der Waals surface area contributed by atoms with Crippen LogP contribution < -0.4 is 0 Å². The highest BCUT2D eigenvalue weighted by atomic mass is 16.5. The number of hydrogen-bond donors (Lipinski definition) is 0. The molecule has 1 saturated carbocycles. The minimum absolute atomic E-state index is 0.0608. The summed E-state index contributed by atoms with van der Waals surface area (Å²) in [5, 5.41) is 0. The van der Waals surface area contributed by atoms with Crippen molar-refractivity contribution in [2.75, 3.05) is 6.61 Å². The molecule has 0 unspecified atom stereocenters. The lowest BCUT2D eigenvalue weighted by atomic mass is 10.0. The van der Waals surface area contributed by atoms with E-state index in [-0.39, 0.29) is 24.0 Å². The zero-order valence-electron chi connectivity index (χ0n) is 10.9. The molecule has 0 spiro atoms. The van der Waals surface area contributed by atoms with E-state index in [9.17, 15) is 9.59 Å². The van der Waals surface area contributed by atoms with E-state index in [4.69, 9.17) is 9.47 Å². The summed E-state index contributed by atoms with van der Waals surface area (Å²) < 4.78 is 10.3. The molecule has 2 aliphatic rings. The van der Waals surface area contributed by atoms with Crippen LogP contribution in [0.5, 0.6) is 0 Å². The summed E-state index contributed by atoms with van der Waals surface area (Å²) in [6, 6.07) is 0. The number of carbonyl (C=O) groups excluding carboxylic acids is 2. The van der Waals surface area contributed by atoms with Gasteiger partial charge in [0, 0.05) is 6.92 Å². The first-order chi connectivity index (χ1) is 8.63. The Morgan fingerprint density at radius 1 is 1.28 bits per heavy atom. The van der Waals surface area contributed by atoms with Crippen molar-refractivity contribution in [3.8, 4) is 0 Å². The molecule has 2 rings (SSSR count). The number of fused-ring (bicyclic) bond motifs is 1. The maximum absolute atomic E-state index is 11.7. The van der Waals surface area contributed by atoms with Gasteiger partial charge in [-0.3, -0.25) is 9.59 Å².